The molecule has 0 amide bonds. The molecule has 4 aromatic heterocycles. The second-order valence-electron chi connectivity index (χ2n) is 11.9. The monoisotopic (exact) mass is 572 g/mol. The van der Waals surface area contributed by atoms with Gasteiger partial charge >= 0.3 is 11.9 Å². The van der Waals surface area contributed by atoms with Crippen LogP contribution in [0, 0.1) is 27.7 Å². The van der Waals surface area contributed by atoms with Crippen molar-refractivity contribution in [3.63, 3.8) is 0 Å². The molecule has 42 heavy (non-hydrogen) atoms. The van der Waals surface area contributed by atoms with E-state index in [4.69, 9.17) is 0 Å². The van der Waals surface area contributed by atoms with Crippen LogP contribution in [0.4, 0.5) is 0 Å². The van der Waals surface area contributed by atoms with Crippen LogP contribution in [0.25, 0.3) is 0 Å². The van der Waals surface area contributed by atoms with Crippen LogP contribution in [-0.4, -0.2) is 42.1 Å². The summed E-state index contributed by atoms with van der Waals surface area (Å²) in [6, 6.07) is 0. The summed E-state index contributed by atoms with van der Waals surface area (Å²) >= 11 is 0. The topological polar surface area (TPSA) is 138 Å². The SMILES string of the molecule is CCc1c2[nH]c(c1C)Cc1[nH]c(c(CCC(=O)O)c1C)Cc1[nH]c(c(C)c1CCC(=O)O)Cc1[nH]c(c(C)c1CC)C2. The molecule has 0 aliphatic carbocycles. The van der Waals surface area contributed by atoms with Gasteiger partial charge in [0.1, 0.15) is 0 Å². The van der Waals surface area contributed by atoms with Crippen LogP contribution in [0.3, 0.4) is 0 Å². The molecule has 0 unspecified atom stereocenters. The van der Waals surface area contributed by atoms with Crippen molar-refractivity contribution in [1.82, 2.24) is 19.9 Å². The molecule has 0 saturated heterocycles. The Morgan fingerprint density at radius 1 is 0.500 bits per heavy atom. The molecule has 5 heterocycles. The third-order valence-electron chi connectivity index (χ3n) is 9.58. The molecule has 1 aliphatic heterocycles. The largest absolute Gasteiger partial charge is 0.481 e. The molecular weight excluding hydrogens is 528 g/mol. The second-order valence-corrected chi connectivity index (χ2v) is 11.9. The average Bonchev–Trinajstić information content (AvgIpc) is 3.59. The predicted molar refractivity (Wildman–Crippen MR) is 164 cm³/mol. The zero-order valence-electron chi connectivity index (χ0n) is 25.8. The summed E-state index contributed by atoms with van der Waals surface area (Å²) in [7, 11) is 0. The Morgan fingerprint density at radius 2 is 0.762 bits per heavy atom. The minimum atomic E-state index is -0.814. The first-order valence-electron chi connectivity index (χ1n) is 15.2. The number of hydrogen-bond donors (Lipinski definition) is 6. The summed E-state index contributed by atoms with van der Waals surface area (Å²) in [5, 5.41) is 19.0. The molecule has 8 bridgehead atoms. The Balaban J connectivity index is 1.71. The molecule has 8 nitrogen and oxygen atoms in total. The average molecular weight is 573 g/mol. The van der Waals surface area contributed by atoms with Crippen molar-refractivity contribution in [1.29, 1.82) is 0 Å². The molecule has 0 fully saturated rings. The molecule has 6 N–H and O–H groups in total. The number of aliphatic carboxylic acids is 2. The van der Waals surface area contributed by atoms with E-state index < -0.39 is 11.9 Å². The summed E-state index contributed by atoms with van der Waals surface area (Å²) in [5.74, 6) is -1.63. The highest BCUT2D eigenvalue weighted by atomic mass is 16.4. The van der Waals surface area contributed by atoms with Crippen LogP contribution >= 0.6 is 0 Å². The predicted octanol–water partition coefficient (Wildman–Crippen LogP) is 6.07. The lowest BCUT2D eigenvalue weighted by atomic mass is 9.97. The first-order chi connectivity index (χ1) is 20.0. The van der Waals surface area contributed by atoms with E-state index in [1.54, 1.807) is 0 Å². The van der Waals surface area contributed by atoms with Gasteiger partial charge in [-0.3, -0.25) is 9.59 Å². The second kappa shape index (κ2) is 11.7. The van der Waals surface area contributed by atoms with Crippen LogP contribution in [-0.2, 0) is 61.0 Å². The van der Waals surface area contributed by atoms with E-state index in [0.717, 1.165) is 64.3 Å². The number of H-pyrrole nitrogens is 4. The summed E-state index contributed by atoms with van der Waals surface area (Å²) in [4.78, 5) is 38.2. The zero-order chi connectivity index (χ0) is 30.3. The van der Waals surface area contributed by atoms with Gasteiger partial charge in [-0.1, -0.05) is 13.8 Å². The van der Waals surface area contributed by atoms with Crippen molar-refractivity contribution >= 4 is 11.9 Å². The van der Waals surface area contributed by atoms with E-state index >= 15 is 0 Å². The number of aromatic nitrogens is 4. The van der Waals surface area contributed by atoms with Crippen LogP contribution in [0.5, 0.6) is 0 Å². The third kappa shape index (κ3) is 5.46. The number of aromatic amines is 4. The number of rotatable bonds is 8. The molecule has 8 heteroatoms. The maximum atomic E-state index is 11.6. The quantitative estimate of drug-likeness (QED) is 0.134. The van der Waals surface area contributed by atoms with Crippen molar-refractivity contribution in [3.05, 3.63) is 90.1 Å². The zero-order valence-corrected chi connectivity index (χ0v) is 25.8. The van der Waals surface area contributed by atoms with Crippen molar-refractivity contribution in [3.8, 4) is 0 Å². The highest BCUT2D eigenvalue weighted by molar-refractivity contribution is 5.68. The van der Waals surface area contributed by atoms with E-state index in [1.807, 2.05) is 0 Å². The summed E-state index contributed by atoms with van der Waals surface area (Å²) in [6.45, 7) is 13.0. The molecule has 0 aromatic carbocycles. The smallest absolute Gasteiger partial charge is 0.303 e. The maximum Gasteiger partial charge on any atom is 0.303 e. The highest BCUT2D eigenvalue weighted by Crippen LogP contribution is 2.32. The van der Waals surface area contributed by atoms with Crippen LogP contribution in [0.15, 0.2) is 0 Å². The Morgan fingerprint density at radius 3 is 1.07 bits per heavy atom. The van der Waals surface area contributed by atoms with Gasteiger partial charge in [0.15, 0.2) is 0 Å². The van der Waals surface area contributed by atoms with Gasteiger partial charge in [0.05, 0.1) is 0 Å². The number of hydrogen-bond acceptors (Lipinski definition) is 2. The minimum Gasteiger partial charge on any atom is -0.481 e. The highest BCUT2D eigenvalue weighted by Gasteiger charge is 2.24. The van der Waals surface area contributed by atoms with E-state index in [2.05, 4.69) is 61.5 Å². The summed E-state index contributed by atoms with van der Waals surface area (Å²) in [5.41, 5.74) is 18.7. The Bertz CT molecular complexity index is 1660. The normalized spacial score (nSPS) is 13.1. The molecule has 5 rings (SSSR count). The van der Waals surface area contributed by atoms with Gasteiger partial charge in [0, 0.05) is 84.1 Å². The van der Waals surface area contributed by atoms with Gasteiger partial charge in [-0.15, -0.1) is 0 Å². The Labute approximate surface area is 247 Å². The lowest BCUT2D eigenvalue weighted by molar-refractivity contribution is -0.138. The molecule has 0 saturated carbocycles. The van der Waals surface area contributed by atoms with E-state index in [-0.39, 0.29) is 12.8 Å². The van der Waals surface area contributed by atoms with E-state index in [9.17, 15) is 19.8 Å². The molecule has 224 valence electrons. The fraction of sp³-hybridized carbons (Fsp3) is 0.471. The molecule has 4 aromatic rings. The molecule has 1 aliphatic rings. The van der Waals surface area contributed by atoms with Gasteiger partial charge in [-0.25, -0.2) is 0 Å². The lowest BCUT2D eigenvalue weighted by Gasteiger charge is -2.07. The number of carboxylic acid groups (broad SMARTS) is 2. The van der Waals surface area contributed by atoms with Gasteiger partial charge in [-0.2, -0.15) is 0 Å². The van der Waals surface area contributed by atoms with Gasteiger partial charge in [-0.05, 0) is 97.9 Å². The van der Waals surface area contributed by atoms with E-state index in [1.165, 1.54) is 45.0 Å². The summed E-state index contributed by atoms with van der Waals surface area (Å²) < 4.78 is 0. The van der Waals surface area contributed by atoms with Gasteiger partial charge < -0.3 is 30.1 Å². The van der Waals surface area contributed by atoms with Crippen molar-refractivity contribution in [2.75, 3.05) is 0 Å². The summed E-state index contributed by atoms with van der Waals surface area (Å²) in [6.07, 6.45) is 5.70. The number of carbonyl (C=O) groups is 2. The minimum absolute atomic E-state index is 0.0613. The van der Waals surface area contributed by atoms with Gasteiger partial charge in [0.2, 0.25) is 0 Å². The van der Waals surface area contributed by atoms with Crippen LogP contribution < -0.4 is 0 Å². The fourth-order valence-electron chi connectivity index (χ4n) is 7.15. The van der Waals surface area contributed by atoms with Crippen LogP contribution in [0.2, 0.25) is 0 Å². The Kier molecular flexibility index (Phi) is 8.26. The molecule has 0 atom stereocenters. The maximum absolute atomic E-state index is 11.6. The van der Waals surface area contributed by atoms with Crippen molar-refractivity contribution in [2.45, 2.75) is 106 Å². The molecular formula is C34H44N4O4. The number of carboxylic acids is 2. The Hall–Kier alpha value is -3.94. The molecule has 0 radical (unpaired) electrons. The lowest BCUT2D eigenvalue weighted by Crippen LogP contribution is -2.04. The van der Waals surface area contributed by atoms with Crippen molar-refractivity contribution in [2.24, 2.45) is 0 Å². The molecule has 0 spiro atoms. The number of fused-ring (bicyclic) bond motifs is 8. The van der Waals surface area contributed by atoms with E-state index in [0.29, 0.717) is 32.1 Å². The fourth-order valence-corrected chi connectivity index (χ4v) is 7.15. The first-order valence-corrected chi connectivity index (χ1v) is 15.2. The standard InChI is InChI=1S/C34H44N4O4/c1-7-21-17(3)25-13-26-19(5)23(9-11-33(39)40)31(37-26)16-32-24(10-12-34(41)42)20(6)28(38-32)15-30-22(8-2)18(4)27(36-30)14-29(21)35-25/h35-38H,7-16H2,1-6H3,(H,39,40)(H,41,42). The van der Waals surface area contributed by atoms with Gasteiger partial charge in [0.25, 0.3) is 0 Å². The number of nitrogens with one attached hydrogen (secondary N) is 4. The van der Waals surface area contributed by atoms with Crippen LogP contribution in [0.1, 0.15) is 117 Å². The van der Waals surface area contributed by atoms with Crippen molar-refractivity contribution < 1.29 is 19.8 Å². The first kappa shape index (κ1) is 29.5. The third-order valence-corrected chi connectivity index (χ3v) is 9.58.